The van der Waals surface area contributed by atoms with Gasteiger partial charge >= 0.3 is 0 Å². The molecular formula is C19H23ClN2O4S. The molecule has 0 aliphatic carbocycles. The van der Waals surface area contributed by atoms with Crippen LogP contribution in [0.3, 0.4) is 0 Å². The topological polar surface area (TPSA) is 95.7 Å². The Morgan fingerprint density at radius 2 is 1.81 bits per heavy atom. The fourth-order valence-electron chi connectivity index (χ4n) is 3.18. The molecule has 0 radical (unpaired) electrons. The van der Waals surface area contributed by atoms with E-state index >= 15 is 0 Å². The Morgan fingerprint density at radius 1 is 1.11 bits per heavy atom. The average molecular weight is 411 g/mol. The van der Waals surface area contributed by atoms with Gasteiger partial charge in [-0.2, -0.15) is 0 Å². The van der Waals surface area contributed by atoms with Gasteiger partial charge in [0, 0.05) is 28.7 Å². The number of aliphatic hydroxyl groups is 3. The van der Waals surface area contributed by atoms with Crippen LogP contribution in [0.1, 0.15) is 36.4 Å². The molecule has 1 aromatic heterocycles. The molecule has 2 aromatic rings. The van der Waals surface area contributed by atoms with Gasteiger partial charge in [-0.25, -0.2) is 9.97 Å². The van der Waals surface area contributed by atoms with Gasteiger partial charge < -0.3 is 20.1 Å². The van der Waals surface area contributed by atoms with Crippen LogP contribution in [0.2, 0.25) is 5.02 Å². The minimum absolute atomic E-state index is 0.437. The van der Waals surface area contributed by atoms with E-state index in [0.29, 0.717) is 29.3 Å². The van der Waals surface area contributed by atoms with Crippen molar-refractivity contribution in [3.63, 3.8) is 0 Å². The van der Waals surface area contributed by atoms with Gasteiger partial charge in [-0.05, 0) is 29.9 Å². The van der Waals surface area contributed by atoms with Crippen molar-refractivity contribution >= 4 is 23.4 Å². The van der Waals surface area contributed by atoms with Crippen LogP contribution < -0.4 is 0 Å². The number of nitrogens with zero attached hydrogens (tertiary/aromatic N) is 2. The highest BCUT2D eigenvalue weighted by molar-refractivity contribution is 7.98. The lowest BCUT2D eigenvalue weighted by molar-refractivity contribution is -0.225. The number of hydrogen-bond donors (Lipinski definition) is 3. The fraction of sp³-hybridized carbons (Fsp3) is 0.474. The third-order valence-electron chi connectivity index (χ3n) is 4.78. The second kappa shape index (κ2) is 8.86. The SMILES string of the molecule is CC[C@H]1O[C@@H](c2ccc(Cl)c(Cc3ncc(SC)cn3)c2)[C@H](O)[C@@H](O)[C@@H]1O. The first-order valence-electron chi connectivity index (χ1n) is 8.77. The number of halogens is 1. The molecule has 146 valence electrons. The smallest absolute Gasteiger partial charge is 0.132 e. The minimum Gasteiger partial charge on any atom is -0.388 e. The molecule has 1 aliphatic heterocycles. The number of benzene rings is 1. The summed E-state index contributed by atoms with van der Waals surface area (Å²) in [6, 6.07) is 5.32. The molecule has 0 spiro atoms. The Kier molecular flexibility index (Phi) is 6.73. The number of aliphatic hydroxyl groups excluding tert-OH is 3. The van der Waals surface area contributed by atoms with E-state index in [1.807, 2.05) is 19.2 Å². The molecule has 1 saturated heterocycles. The van der Waals surface area contributed by atoms with Crippen LogP contribution in [0.15, 0.2) is 35.5 Å². The zero-order valence-corrected chi connectivity index (χ0v) is 16.7. The first-order valence-corrected chi connectivity index (χ1v) is 10.4. The number of hydrogen-bond acceptors (Lipinski definition) is 7. The van der Waals surface area contributed by atoms with Crippen LogP contribution in [-0.4, -0.2) is 56.0 Å². The maximum Gasteiger partial charge on any atom is 0.132 e. The molecule has 0 bridgehead atoms. The summed E-state index contributed by atoms with van der Waals surface area (Å²) < 4.78 is 5.85. The molecule has 27 heavy (non-hydrogen) atoms. The van der Waals surface area contributed by atoms with Crippen molar-refractivity contribution in [3.8, 4) is 0 Å². The minimum atomic E-state index is -1.27. The maximum atomic E-state index is 10.4. The highest BCUT2D eigenvalue weighted by atomic mass is 35.5. The zero-order valence-electron chi connectivity index (χ0n) is 15.1. The lowest BCUT2D eigenvalue weighted by atomic mass is 9.89. The second-order valence-electron chi connectivity index (χ2n) is 6.54. The van der Waals surface area contributed by atoms with E-state index in [4.69, 9.17) is 16.3 Å². The Hall–Kier alpha value is -1.22. The third-order valence-corrected chi connectivity index (χ3v) is 5.83. The molecule has 1 fully saturated rings. The number of rotatable bonds is 5. The summed E-state index contributed by atoms with van der Waals surface area (Å²) >= 11 is 7.91. The molecule has 6 nitrogen and oxygen atoms in total. The summed E-state index contributed by atoms with van der Waals surface area (Å²) in [7, 11) is 0. The third kappa shape index (κ3) is 4.45. The molecule has 5 atom stereocenters. The van der Waals surface area contributed by atoms with Crippen molar-refractivity contribution in [1.82, 2.24) is 9.97 Å². The lowest BCUT2D eigenvalue weighted by Gasteiger charge is -2.40. The van der Waals surface area contributed by atoms with Crippen molar-refractivity contribution in [2.45, 2.75) is 55.2 Å². The number of aromatic nitrogens is 2. The van der Waals surface area contributed by atoms with Crippen LogP contribution in [0.4, 0.5) is 0 Å². The van der Waals surface area contributed by atoms with Crippen molar-refractivity contribution in [2.24, 2.45) is 0 Å². The van der Waals surface area contributed by atoms with E-state index in [1.165, 1.54) is 0 Å². The van der Waals surface area contributed by atoms with Gasteiger partial charge in [-0.15, -0.1) is 11.8 Å². The van der Waals surface area contributed by atoms with Gasteiger partial charge in [0.1, 0.15) is 30.2 Å². The Bertz CT molecular complexity index is 775. The monoisotopic (exact) mass is 410 g/mol. The van der Waals surface area contributed by atoms with Crippen molar-refractivity contribution < 1.29 is 20.1 Å². The van der Waals surface area contributed by atoms with Crippen LogP contribution >= 0.6 is 23.4 Å². The average Bonchev–Trinajstić information content (AvgIpc) is 2.69. The predicted molar refractivity (Wildman–Crippen MR) is 104 cm³/mol. The van der Waals surface area contributed by atoms with E-state index in [0.717, 1.165) is 10.5 Å². The highest BCUT2D eigenvalue weighted by Gasteiger charge is 2.43. The Morgan fingerprint density at radius 3 is 2.44 bits per heavy atom. The number of thioether (sulfide) groups is 1. The van der Waals surface area contributed by atoms with Crippen LogP contribution in [0.25, 0.3) is 0 Å². The molecular weight excluding hydrogens is 388 g/mol. The summed E-state index contributed by atoms with van der Waals surface area (Å²) in [6.45, 7) is 1.86. The first-order chi connectivity index (χ1) is 12.9. The van der Waals surface area contributed by atoms with Gasteiger partial charge in [0.2, 0.25) is 0 Å². The van der Waals surface area contributed by atoms with Gasteiger partial charge in [-0.1, -0.05) is 30.7 Å². The first kappa shape index (κ1) is 20.5. The predicted octanol–water partition coefficient (Wildman–Crippen LogP) is 2.38. The summed E-state index contributed by atoms with van der Waals surface area (Å²) in [5, 5.41) is 31.1. The second-order valence-corrected chi connectivity index (χ2v) is 7.83. The molecule has 2 heterocycles. The Balaban J connectivity index is 1.85. The van der Waals surface area contributed by atoms with Crippen LogP contribution in [0.5, 0.6) is 0 Å². The summed E-state index contributed by atoms with van der Waals surface area (Å²) in [6.07, 6.45) is 1.55. The quantitative estimate of drug-likeness (QED) is 0.651. The van der Waals surface area contributed by atoms with Crippen LogP contribution in [-0.2, 0) is 11.2 Å². The standard InChI is InChI=1S/C19H23ClN2O4S/c1-3-14-16(23)17(24)18(25)19(26-14)10-4-5-13(20)11(6-10)7-15-21-8-12(27-2)9-22-15/h4-6,8-9,14,16-19,23-25H,3,7H2,1-2H3/t14-,16-,17+,18-,19+/m1/s1. The Labute approximate surface area is 167 Å². The molecule has 0 saturated carbocycles. The molecule has 1 aliphatic rings. The summed E-state index contributed by atoms with van der Waals surface area (Å²) in [4.78, 5) is 9.67. The van der Waals surface area contributed by atoms with Crippen LogP contribution in [0, 0.1) is 0 Å². The lowest BCUT2D eigenvalue weighted by Crippen LogP contribution is -2.53. The normalized spacial score (nSPS) is 28.3. The largest absolute Gasteiger partial charge is 0.388 e. The van der Waals surface area contributed by atoms with E-state index in [9.17, 15) is 15.3 Å². The van der Waals surface area contributed by atoms with Crippen molar-refractivity contribution in [3.05, 3.63) is 52.6 Å². The molecule has 1 aromatic carbocycles. The molecule has 0 amide bonds. The van der Waals surface area contributed by atoms with Gasteiger partial charge in [0.15, 0.2) is 0 Å². The fourth-order valence-corrected chi connectivity index (χ4v) is 3.68. The van der Waals surface area contributed by atoms with E-state index in [1.54, 1.807) is 36.3 Å². The molecule has 3 N–H and O–H groups in total. The zero-order chi connectivity index (χ0) is 19.6. The van der Waals surface area contributed by atoms with Gasteiger partial charge in [-0.3, -0.25) is 0 Å². The summed E-state index contributed by atoms with van der Waals surface area (Å²) in [5.74, 6) is 0.638. The highest BCUT2D eigenvalue weighted by Crippen LogP contribution is 2.35. The van der Waals surface area contributed by atoms with E-state index in [-0.39, 0.29) is 0 Å². The van der Waals surface area contributed by atoms with Crippen molar-refractivity contribution in [2.75, 3.05) is 6.26 Å². The van der Waals surface area contributed by atoms with Gasteiger partial charge in [0.25, 0.3) is 0 Å². The number of ether oxygens (including phenoxy) is 1. The maximum absolute atomic E-state index is 10.4. The van der Waals surface area contributed by atoms with E-state index in [2.05, 4.69) is 9.97 Å². The van der Waals surface area contributed by atoms with E-state index < -0.39 is 30.5 Å². The van der Waals surface area contributed by atoms with Crippen molar-refractivity contribution in [1.29, 1.82) is 0 Å². The van der Waals surface area contributed by atoms with Gasteiger partial charge in [0.05, 0.1) is 6.10 Å². The molecule has 0 unspecified atom stereocenters. The summed E-state index contributed by atoms with van der Waals surface area (Å²) in [5.41, 5.74) is 1.49. The molecule has 3 rings (SSSR count). The molecule has 8 heteroatoms.